The second kappa shape index (κ2) is 8.35. The molecule has 2 aliphatic rings. The first kappa shape index (κ1) is 19.8. The van der Waals surface area contributed by atoms with Gasteiger partial charge >= 0.3 is 0 Å². The smallest absolute Gasteiger partial charge is 0.175 e. The third-order valence-electron chi connectivity index (χ3n) is 5.52. The van der Waals surface area contributed by atoms with Crippen molar-refractivity contribution in [3.63, 3.8) is 0 Å². The number of nitrogens with zero attached hydrogens (tertiary/aromatic N) is 1. The summed E-state index contributed by atoms with van der Waals surface area (Å²) >= 11 is 0. The van der Waals surface area contributed by atoms with Crippen molar-refractivity contribution in [2.45, 2.75) is 49.5 Å². The minimum Gasteiger partial charge on any atom is -0.389 e. The Hall–Kier alpha value is -0.990. The van der Waals surface area contributed by atoms with Crippen LogP contribution in [0.15, 0.2) is 29.2 Å². The zero-order chi connectivity index (χ0) is 18.7. The molecular formula is C19H30N2O4S. The van der Waals surface area contributed by atoms with Crippen LogP contribution in [0.1, 0.15) is 25.3 Å². The Bertz CT molecular complexity index is 684. The molecular weight excluding hydrogens is 352 g/mol. The maximum atomic E-state index is 11.5. The molecule has 0 aliphatic carbocycles. The molecule has 0 bridgehead atoms. The van der Waals surface area contributed by atoms with Gasteiger partial charge in [-0.2, -0.15) is 0 Å². The highest BCUT2D eigenvalue weighted by atomic mass is 32.2. The first-order valence-electron chi connectivity index (χ1n) is 9.37. The van der Waals surface area contributed by atoms with Crippen LogP contribution >= 0.6 is 0 Å². The van der Waals surface area contributed by atoms with Gasteiger partial charge in [-0.25, -0.2) is 8.42 Å². The van der Waals surface area contributed by atoms with E-state index in [1.807, 2.05) is 0 Å². The van der Waals surface area contributed by atoms with Crippen molar-refractivity contribution < 1.29 is 18.3 Å². The first-order valence-corrected chi connectivity index (χ1v) is 11.3. The fourth-order valence-corrected chi connectivity index (χ4v) is 4.26. The minimum absolute atomic E-state index is 0.0988. The van der Waals surface area contributed by atoms with Crippen molar-refractivity contribution in [3.8, 4) is 0 Å². The third-order valence-corrected chi connectivity index (χ3v) is 6.65. The van der Waals surface area contributed by atoms with Crippen LogP contribution in [0.5, 0.6) is 0 Å². The molecule has 3 rings (SSSR count). The fourth-order valence-electron chi connectivity index (χ4n) is 3.63. The zero-order valence-electron chi connectivity index (χ0n) is 15.6. The Balaban J connectivity index is 1.47. The van der Waals surface area contributed by atoms with E-state index in [-0.39, 0.29) is 12.1 Å². The van der Waals surface area contributed by atoms with E-state index in [0.29, 0.717) is 18.0 Å². The summed E-state index contributed by atoms with van der Waals surface area (Å²) in [7, 11) is -3.17. The van der Waals surface area contributed by atoms with E-state index in [1.165, 1.54) is 19.1 Å². The molecule has 2 aliphatic heterocycles. The molecule has 7 heteroatoms. The molecule has 2 N–H and O–H groups in total. The molecule has 146 valence electrons. The van der Waals surface area contributed by atoms with Crippen LogP contribution in [0, 0.1) is 5.92 Å². The number of rotatable bonds is 6. The van der Waals surface area contributed by atoms with E-state index in [4.69, 9.17) is 4.74 Å². The number of ether oxygens (including phenoxy) is 1. The quantitative estimate of drug-likeness (QED) is 0.765. The highest BCUT2D eigenvalue weighted by Gasteiger charge is 2.36. The number of aliphatic hydroxyl groups is 1. The molecule has 0 radical (unpaired) electrons. The van der Waals surface area contributed by atoms with Gasteiger partial charge < -0.3 is 20.1 Å². The number of likely N-dealkylation sites (tertiary alicyclic amines) is 1. The maximum Gasteiger partial charge on any atom is 0.175 e. The molecule has 2 fully saturated rings. The molecule has 1 aromatic carbocycles. The molecule has 3 atom stereocenters. The van der Waals surface area contributed by atoms with Crippen LogP contribution in [0.4, 0.5) is 0 Å². The van der Waals surface area contributed by atoms with Crippen LogP contribution < -0.4 is 5.32 Å². The fraction of sp³-hybridized carbons (Fsp3) is 0.684. The van der Waals surface area contributed by atoms with Gasteiger partial charge in [0, 0.05) is 19.3 Å². The highest BCUT2D eigenvalue weighted by molar-refractivity contribution is 7.90. The van der Waals surface area contributed by atoms with Crippen molar-refractivity contribution in [2.75, 3.05) is 32.5 Å². The topological polar surface area (TPSA) is 78.9 Å². The van der Waals surface area contributed by atoms with E-state index < -0.39 is 15.9 Å². The number of benzene rings is 1. The summed E-state index contributed by atoms with van der Waals surface area (Å²) in [6, 6.07) is 6.75. The number of hydrogen-bond donors (Lipinski definition) is 2. The first-order chi connectivity index (χ1) is 12.3. The molecule has 1 aromatic rings. The van der Waals surface area contributed by atoms with Gasteiger partial charge in [-0.05, 0) is 49.5 Å². The summed E-state index contributed by atoms with van der Waals surface area (Å²) in [6.45, 7) is 6.31. The van der Waals surface area contributed by atoms with Gasteiger partial charge in [0.2, 0.25) is 0 Å². The van der Waals surface area contributed by atoms with Gasteiger partial charge in [0.25, 0.3) is 0 Å². The Labute approximate surface area is 156 Å². The maximum absolute atomic E-state index is 11.5. The largest absolute Gasteiger partial charge is 0.389 e. The van der Waals surface area contributed by atoms with Gasteiger partial charge in [-0.1, -0.05) is 19.1 Å². The molecule has 3 unspecified atom stereocenters. The van der Waals surface area contributed by atoms with Crippen molar-refractivity contribution >= 4 is 9.84 Å². The Morgan fingerprint density at radius 1 is 1.23 bits per heavy atom. The monoisotopic (exact) mass is 382 g/mol. The summed E-state index contributed by atoms with van der Waals surface area (Å²) < 4.78 is 28.8. The van der Waals surface area contributed by atoms with Crippen molar-refractivity contribution in [3.05, 3.63) is 29.8 Å². The third kappa shape index (κ3) is 5.04. The average molecular weight is 383 g/mol. The number of aliphatic hydroxyl groups excluding tert-OH is 1. The van der Waals surface area contributed by atoms with Crippen LogP contribution in [-0.4, -0.2) is 69.2 Å². The lowest BCUT2D eigenvalue weighted by Crippen LogP contribution is -2.46. The standard InChI is InChI=1S/C19H30N2O4S/c1-14-7-9-21(10-8-14)12-18-19(22)17(13-25-18)20-11-15-3-5-16(6-4-15)26(2,23)24/h3-6,14,17-20,22H,7-13H2,1-2H3. The van der Waals surface area contributed by atoms with Gasteiger partial charge in [0.05, 0.1) is 29.8 Å². The lowest BCUT2D eigenvalue weighted by molar-refractivity contribution is 0.00859. The molecule has 26 heavy (non-hydrogen) atoms. The number of piperidine rings is 1. The summed E-state index contributed by atoms with van der Waals surface area (Å²) in [4.78, 5) is 2.71. The molecule has 2 heterocycles. The van der Waals surface area contributed by atoms with E-state index in [1.54, 1.807) is 24.3 Å². The average Bonchev–Trinajstić information content (AvgIpc) is 2.95. The van der Waals surface area contributed by atoms with Gasteiger partial charge in [0.1, 0.15) is 0 Å². The Kier molecular flexibility index (Phi) is 6.35. The van der Waals surface area contributed by atoms with E-state index in [2.05, 4.69) is 17.1 Å². The van der Waals surface area contributed by atoms with Crippen molar-refractivity contribution in [2.24, 2.45) is 5.92 Å². The second-order valence-electron chi connectivity index (χ2n) is 7.75. The van der Waals surface area contributed by atoms with Crippen LogP contribution in [-0.2, 0) is 21.1 Å². The van der Waals surface area contributed by atoms with Crippen LogP contribution in [0.25, 0.3) is 0 Å². The second-order valence-corrected chi connectivity index (χ2v) is 9.76. The SMILES string of the molecule is CC1CCN(CC2OCC(NCc3ccc(S(C)(=O)=O)cc3)C2O)CC1. The normalized spacial score (nSPS) is 28.5. The molecule has 2 saturated heterocycles. The van der Waals surface area contributed by atoms with Crippen molar-refractivity contribution in [1.29, 1.82) is 0 Å². The minimum atomic E-state index is -3.17. The van der Waals surface area contributed by atoms with Crippen molar-refractivity contribution in [1.82, 2.24) is 10.2 Å². The Morgan fingerprint density at radius 2 is 1.88 bits per heavy atom. The molecule has 0 spiro atoms. The lowest BCUT2D eigenvalue weighted by atomic mass is 9.98. The summed E-state index contributed by atoms with van der Waals surface area (Å²) in [6.07, 6.45) is 2.97. The van der Waals surface area contributed by atoms with E-state index >= 15 is 0 Å². The number of sulfone groups is 1. The molecule has 0 saturated carbocycles. The summed E-state index contributed by atoms with van der Waals surface area (Å²) in [5, 5.41) is 13.9. The molecule has 6 nitrogen and oxygen atoms in total. The van der Waals surface area contributed by atoms with E-state index in [9.17, 15) is 13.5 Å². The number of hydrogen-bond acceptors (Lipinski definition) is 6. The van der Waals surface area contributed by atoms with Gasteiger partial charge in [0.15, 0.2) is 9.84 Å². The van der Waals surface area contributed by atoms with Crippen LogP contribution in [0.2, 0.25) is 0 Å². The summed E-state index contributed by atoms with van der Waals surface area (Å²) in [5.41, 5.74) is 0.984. The van der Waals surface area contributed by atoms with Gasteiger partial charge in [-0.15, -0.1) is 0 Å². The predicted octanol–water partition coefficient (Wildman–Crippen LogP) is 1.04. The van der Waals surface area contributed by atoms with Crippen LogP contribution in [0.3, 0.4) is 0 Å². The zero-order valence-corrected chi connectivity index (χ0v) is 16.4. The Morgan fingerprint density at radius 3 is 2.50 bits per heavy atom. The highest BCUT2D eigenvalue weighted by Crippen LogP contribution is 2.21. The molecule has 0 amide bonds. The number of nitrogens with one attached hydrogen (secondary N) is 1. The van der Waals surface area contributed by atoms with E-state index in [0.717, 1.165) is 31.1 Å². The van der Waals surface area contributed by atoms with Gasteiger partial charge in [-0.3, -0.25) is 0 Å². The summed E-state index contributed by atoms with van der Waals surface area (Å²) in [5.74, 6) is 0.796. The molecule has 0 aromatic heterocycles. The lowest BCUT2D eigenvalue weighted by Gasteiger charge is -2.32. The predicted molar refractivity (Wildman–Crippen MR) is 101 cm³/mol.